The molecule has 1 aliphatic rings. The van der Waals surface area contributed by atoms with Gasteiger partial charge in [-0.15, -0.1) is 0 Å². The van der Waals surface area contributed by atoms with Crippen molar-refractivity contribution in [3.8, 4) is 5.75 Å². The van der Waals surface area contributed by atoms with Crippen LogP contribution in [0.3, 0.4) is 0 Å². The van der Waals surface area contributed by atoms with Gasteiger partial charge in [-0.1, -0.05) is 28.1 Å². The lowest BCUT2D eigenvalue weighted by Crippen LogP contribution is -2.13. The van der Waals surface area contributed by atoms with Crippen LogP contribution in [-0.4, -0.2) is 29.6 Å². The van der Waals surface area contributed by atoms with Crippen LogP contribution in [0, 0.1) is 0 Å². The summed E-state index contributed by atoms with van der Waals surface area (Å²) in [5, 5.41) is 13.0. The van der Waals surface area contributed by atoms with Gasteiger partial charge in [0.05, 0.1) is 0 Å². The van der Waals surface area contributed by atoms with Gasteiger partial charge in [-0.25, -0.2) is 0 Å². The maximum absolute atomic E-state index is 11.1. The number of carboxylic acid groups (broad SMARTS) is 1. The van der Waals surface area contributed by atoms with Crippen molar-refractivity contribution in [3.63, 3.8) is 0 Å². The van der Waals surface area contributed by atoms with E-state index >= 15 is 0 Å². The minimum Gasteiger partial charge on any atom is -0.490 e. The molecule has 1 unspecified atom stereocenters. The molecule has 5 heteroatoms. The van der Waals surface area contributed by atoms with Crippen LogP contribution in [0.5, 0.6) is 5.75 Å². The zero-order valence-corrected chi connectivity index (χ0v) is 11.3. The molecular weight excluding hydrogens is 298 g/mol. The Morgan fingerprint density at radius 1 is 1.56 bits per heavy atom. The first kappa shape index (κ1) is 13.0. The fourth-order valence-electron chi connectivity index (χ4n) is 1.90. The van der Waals surface area contributed by atoms with Crippen LogP contribution >= 0.6 is 15.9 Å². The number of aliphatic carboxylic acids is 1. The van der Waals surface area contributed by atoms with Crippen LogP contribution in [0.2, 0.25) is 0 Å². The Bertz CT molecular complexity index is 473. The molecule has 1 heterocycles. The number of fused-ring (bicyclic) bond motifs is 1. The largest absolute Gasteiger partial charge is 0.490 e. The highest BCUT2D eigenvalue weighted by Gasteiger charge is 2.28. The molecule has 96 valence electrons. The third kappa shape index (κ3) is 2.85. The predicted molar refractivity (Wildman–Crippen MR) is 73.7 cm³/mol. The monoisotopic (exact) mass is 311 g/mol. The molecule has 0 aromatic heterocycles. The second-order valence-corrected chi connectivity index (χ2v) is 4.60. The van der Waals surface area contributed by atoms with Crippen molar-refractivity contribution in [3.05, 3.63) is 35.9 Å². The van der Waals surface area contributed by atoms with E-state index in [-0.39, 0.29) is 0 Å². The van der Waals surface area contributed by atoms with Crippen LogP contribution in [0.25, 0.3) is 0 Å². The molecule has 2 rings (SSSR count). The molecule has 0 saturated carbocycles. The Balaban J connectivity index is 2.09. The van der Waals surface area contributed by atoms with Gasteiger partial charge in [0.2, 0.25) is 0 Å². The van der Waals surface area contributed by atoms with E-state index in [2.05, 4.69) is 21.2 Å². The molecule has 0 spiro atoms. The van der Waals surface area contributed by atoms with Crippen LogP contribution < -0.4 is 10.1 Å². The average Bonchev–Trinajstić information content (AvgIpc) is 2.77. The first-order valence-corrected chi connectivity index (χ1v) is 6.79. The summed E-state index contributed by atoms with van der Waals surface area (Å²) < 4.78 is 5.53. The summed E-state index contributed by atoms with van der Waals surface area (Å²) in [6.07, 6.45) is 3.86. The average molecular weight is 312 g/mol. The van der Waals surface area contributed by atoms with Gasteiger partial charge in [0, 0.05) is 17.6 Å². The van der Waals surface area contributed by atoms with Crippen molar-refractivity contribution < 1.29 is 14.6 Å². The van der Waals surface area contributed by atoms with E-state index in [0.717, 1.165) is 16.6 Å². The molecule has 18 heavy (non-hydrogen) atoms. The number of benzene rings is 1. The highest BCUT2D eigenvalue weighted by atomic mass is 79.9. The maximum Gasteiger partial charge on any atom is 0.312 e. The van der Waals surface area contributed by atoms with Gasteiger partial charge < -0.3 is 15.2 Å². The fraction of sp³-hybridized carbons (Fsp3) is 0.308. The number of rotatable bonds is 5. The van der Waals surface area contributed by atoms with Crippen molar-refractivity contribution >= 4 is 27.6 Å². The Morgan fingerprint density at radius 2 is 2.39 bits per heavy atom. The Hall–Kier alpha value is -1.49. The number of allylic oxidation sites excluding steroid dienone is 1. The topological polar surface area (TPSA) is 58.6 Å². The van der Waals surface area contributed by atoms with E-state index in [1.54, 1.807) is 6.07 Å². The summed E-state index contributed by atoms with van der Waals surface area (Å²) in [5.74, 6) is -0.595. The molecular formula is C13H14BrNO3. The molecule has 0 amide bonds. The van der Waals surface area contributed by atoms with Crippen LogP contribution in [0.4, 0.5) is 5.69 Å². The molecule has 1 aliphatic heterocycles. The molecule has 4 nitrogen and oxygen atoms in total. The van der Waals surface area contributed by atoms with E-state index < -0.39 is 11.9 Å². The van der Waals surface area contributed by atoms with E-state index in [4.69, 9.17) is 9.84 Å². The first-order chi connectivity index (χ1) is 8.72. The molecule has 0 bridgehead atoms. The summed E-state index contributed by atoms with van der Waals surface area (Å²) >= 11 is 3.28. The standard InChI is InChI=1S/C13H14BrNO3/c14-5-1-2-6-18-9-3-4-12-10(7-9)11(8-15-12)13(16)17/h1-4,7,11,15H,5-6,8H2,(H,16,17). The lowest BCUT2D eigenvalue weighted by atomic mass is 10.0. The lowest BCUT2D eigenvalue weighted by Gasteiger charge is -2.07. The quantitative estimate of drug-likeness (QED) is 0.648. The lowest BCUT2D eigenvalue weighted by molar-refractivity contribution is -0.138. The SMILES string of the molecule is O=C(O)C1CNc2ccc(OCC=CCBr)cc21. The summed E-state index contributed by atoms with van der Waals surface area (Å²) in [5.41, 5.74) is 1.68. The van der Waals surface area contributed by atoms with Gasteiger partial charge in [-0.05, 0) is 23.8 Å². The van der Waals surface area contributed by atoms with Crippen molar-refractivity contribution in [2.75, 3.05) is 23.8 Å². The summed E-state index contributed by atoms with van der Waals surface area (Å²) in [7, 11) is 0. The molecule has 0 fully saturated rings. The third-order valence-corrected chi connectivity index (χ3v) is 3.17. The van der Waals surface area contributed by atoms with Gasteiger partial charge in [0.25, 0.3) is 0 Å². The summed E-state index contributed by atoms with van der Waals surface area (Å²) in [4.78, 5) is 11.1. The Kier molecular flexibility index (Phi) is 4.25. The Labute approximate surface area is 114 Å². The molecule has 0 saturated heterocycles. The number of hydrogen-bond acceptors (Lipinski definition) is 3. The molecule has 2 N–H and O–H groups in total. The van der Waals surface area contributed by atoms with Gasteiger partial charge in [-0.2, -0.15) is 0 Å². The van der Waals surface area contributed by atoms with E-state index in [9.17, 15) is 4.79 Å². The predicted octanol–water partition coefficient (Wildman–Crippen LogP) is 2.61. The highest BCUT2D eigenvalue weighted by Crippen LogP contribution is 2.34. The molecule has 1 aromatic carbocycles. The molecule has 1 atom stereocenters. The second-order valence-electron chi connectivity index (χ2n) is 3.96. The van der Waals surface area contributed by atoms with Crippen LogP contribution in [0.15, 0.2) is 30.4 Å². The number of anilines is 1. The van der Waals surface area contributed by atoms with Crippen molar-refractivity contribution in [1.29, 1.82) is 0 Å². The zero-order chi connectivity index (χ0) is 13.0. The molecule has 0 aliphatic carbocycles. The van der Waals surface area contributed by atoms with Gasteiger partial charge in [0.15, 0.2) is 0 Å². The van der Waals surface area contributed by atoms with Gasteiger partial charge in [0.1, 0.15) is 18.3 Å². The second kappa shape index (κ2) is 5.91. The number of nitrogens with one attached hydrogen (secondary N) is 1. The minimum atomic E-state index is -0.808. The maximum atomic E-state index is 11.1. The number of carbonyl (C=O) groups is 1. The van der Waals surface area contributed by atoms with E-state index in [1.165, 1.54) is 0 Å². The summed E-state index contributed by atoms with van der Waals surface area (Å²) in [6.45, 7) is 0.924. The van der Waals surface area contributed by atoms with Gasteiger partial charge >= 0.3 is 5.97 Å². The number of hydrogen-bond donors (Lipinski definition) is 2. The smallest absolute Gasteiger partial charge is 0.312 e. The number of alkyl halides is 1. The number of ether oxygens (including phenoxy) is 1. The highest BCUT2D eigenvalue weighted by molar-refractivity contribution is 9.09. The fourth-order valence-corrected chi connectivity index (χ4v) is 2.16. The number of carboxylic acids is 1. The van der Waals surface area contributed by atoms with E-state index in [1.807, 2.05) is 24.3 Å². The molecule has 0 radical (unpaired) electrons. The molecule has 1 aromatic rings. The van der Waals surface area contributed by atoms with Crippen molar-refractivity contribution in [2.45, 2.75) is 5.92 Å². The van der Waals surface area contributed by atoms with Crippen molar-refractivity contribution in [2.24, 2.45) is 0 Å². The third-order valence-electron chi connectivity index (χ3n) is 2.80. The minimum absolute atomic E-state index is 0.442. The Morgan fingerprint density at radius 3 is 3.11 bits per heavy atom. The van der Waals surface area contributed by atoms with E-state index in [0.29, 0.717) is 18.9 Å². The number of halogens is 1. The normalized spacial score (nSPS) is 17.5. The summed E-state index contributed by atoms with van der Waals surface area (Å²) in [6, 6.07) is 5.51. The zero-order valence-electron chi connectivity index (χ0n) is 9.73. The van der Waals surface area contributed by atoms with Crippen LogP contribution in [0.1, 0.15) is 11.5 Å². The van der Waals surface area contributed by atoms with Gasteiger partial charge in [-0.3, -0.25) is 4.79 Å². The first-order valence-electron chi connectivity index (χ1n) is 5.66. The van der Waals surface area contributed by atoms with Crippen LogP contribution in [-0.2, 0) is 4.79 Å². The van der Waals surface area contributed by atoms with Crippen molar-refractivity contribution in [1.82, 2.24) is 0 Å².